The van der Waals surface area contributed by atoms with Gasteiger partial charge in [-0.25, -0.2) is 0 Å². The average Bonchev–Trinajstić information content (AvgIpc) is 2.84. The van der Waals surface area contributed by atoms with Crippen molar-refractivity contribution in [1.29, 1.82) is 0 Å². The molecule has 10 heteroatoms. The highest BCUT2D eigenvalue weighted by molar-refractivity contribution is 5.99. The fourth-order valence-corrected chi connectivity index (χ4v) is 5.38. The molecular formula is C27H35F3N4O3. The number of nitrogens with zero attached hydrogens (tertiary/aromatic N) is 2. The molecule has 1 aromatic carbocycles. The Bertz CT molecular complexity index is 1170. The van der Waals surface area contributed by atoms with Gasteiger partial charge in [0.25, 0.3) is 11.5 Å². The van der Waals surface area contributed by atoms with Crippen LogP contribution in [0.5, 0.6) is 0 Å². The number of anilines is 1. The normalized spacial score (nSPS) is 20.4. The van der Waals surface area contributed by atoms with Crippen molar-refractivity contribution in [3.05, 3.63) is 63.1 Å². The Balaban J connectivity index is 1.65. The SMILES string of the molecule is Cc1c(C(C)NC(=O)c2cn(C3CCOCC3)c(=O)cc2N[C@H]2CCCN(C)C2)cccc1C(F)(F)F. The Morgan fingerprint density at radius 1 is 1.19 bits per heavy atom. The number of piperidine rings is 1. The number of benzene rings is 1. The van der Waals surface area contributed by atoms with E-state index in [2.05, 4.69) is 15.5 Å². The highest BCUT2D eigenvalue weighted by Gasteiger charge is 2.33. The Labute approximate surface area is 215 Å². The number of hydrogen-bond donors (Lipinski definition) is 2. The maximum Gasteiger partial charge on any atom is 0.416 e. The van der Waals surface area contributed by atoms with Crippen molar-refractivity contribution < 1.29 is 22.7 Å². The van der Waals surface area contributed by atoms with Gasteiger partial charge in [-0.1, -0.05) is 12.1 Å². The van der Waals surface area contributed by atoms with Crippen molar-refractivity contribution >= 4 is 11.6 Å². The minimum absolute atomic E-state index is 0.0757. The predicted molar refractivity (Wildman–Crippen MR) is 136 cm³/mol. The summed E-state index contributed by atoms with van der Waals surface area (Å²) < 4.78 is 47.3. The van der Waals surface area contributed by atoms with Crippen LogP contribution in [0.15, 0.2) is 35.3 Å². The Morgan fingerprint density at radius 3 is 2.59 bits per heavy atom. The van der Waals surface area contributed by atoms with Gasteiger partial charge in [0.05, 0.1) is 22.9 Å². The fourth-order valence-electron chi connectivity index (χ4n) is 5.38. The number of alkyl halides is 3. The number of aromatic nitrogens is 1. The van der Waals surface area contributed by atoms with Crippen LogP contribution < -0.4 is 16.2 Å². The summed E-state index contributed by atoms with van der Waals surface area (Å²) in [7, 11) is 2.03. The van der Waals surface area contributed by atoms with Crippen LogP contribution in [-0.4, -0.2) is 54.8 Å². The second-order valence-electron chi connectivity index (χ2n) is 10.1. The first-order valence-electron chi connectivity index (χ1n) is 12.8. The molecular weight excluding hydrogens is 485 g/mol. The number of nitrogens with one attached hydrogen (secondary N) is 2. The molecule has 7 nitrogen and oxygen atoms in total. The van der Waals surface area contributed by atoms with Gasteiger partial charge in [0, 0.05) is 44.1 Å². The predicted octanol–water partition coefficient (Wildman–Crippen LogP) is 4.52. The van der Waals surface area contributed by atoms with Crippen molar-refractivity contribution in [3.63, 3.8) is 0 Å². The quantitative estimate of drug-likeness (QED) is 0.586. The van der Waals surface area contributed by atoms with Gasteiger partial charge >= 0.3 is 6.18 Å². The molecule has 2 atom stereocenters. The first-order valence-corrected chi connectivity index (χ1v) is 12.8. The molecule has 2 saturated heterocycles. The summed E-state index contributed by atoms with van der Waals surface area (Å²) in [5.74, 6) is -0.447. The lowest BCUT2D eigenvalue weighted by atomic mass is 9.97. The van der Waals surface area contributed by atoms with E-state index in [-0.39, 0.29) is 23.2 Å². The smallest absolute Gasteiger partial charge is 0.381 e. The second kappa shape index (κ2) is 11.3. The van der Waals surface area contributed by atoms with Crippen LogP contribution in [0.25, 0.3) is 0 Å². The molecule has 0 spiro atoms. The third-order valence-corrected chi connectivity index (χ3v) is 7.39. The minimum Gasteiger partial charge on any atom is -0.381 e. The van der Waals surface area contributed by atoms with Gasteiger partial charge in [0.15, 0.2) is 0 Å². The first-order chi connectivity index (χ1) is 17.5. The number of rotatable bonds is 6. The number of pyridine rings is 1. The molecule has 0 radical (unpaired) electrons. The minimum atomic E-state index is -4.48. The molecule has 0 bridgehead atoms. The molecule has 2 aliphatic heterocycles. The van der Waals surface area contributed by atoms with Crippen molar-refractivity contribution in [2.45, 2.75) is 63.8 Å². The van der Waals surface area contributed by atoms with E-state index in [4.69, 9.17) is 4.74 Å². The standard InChI is InChI=1S/C27H35F3N4O3/c1-17-21(7-4-8-23(17)27(28,29)30)18(2)31-26(36)22-16-34(20-9-12-37-13-10-20)25(35)14-24(22)32-19-6-5-11-33(3)15-19/h4,7-8,14,16,18-20,32H,5-6,9-13,15H2,1-3H3,(H,31,36)/t18?,19-/m0/s1. The molecule has 2 aromatic rings. The van der Waals surface area contributed by atoms with E-state index < -0.39 is 23.7 Å². The van der Waals surface area contributed by atoms with Crippen LogP contribution in [0.4, 0.5) is 18.9 Å². The lowest BCUT2D eigenvalue weighted by molar-refractivity contribution is -0.138. The number of halogens is 3. The molecule has 4 rings (SSSR count). The van der Waals surface area contributed by atoms with Gasteiger partial charge in [0.2, 0.25) is 0 Å². The van der Waals surface area contributed by atoms with Gasteiger partial charge < -0.3 is 24.8 Å². The number of carbonyl (C=O) groups excluding carboxylic acids is 1. The second-order valence-corrected chi connectivity index (χ2v) is 10.1. The third kappa shape index (κ3) is 6.35. The summed E-state index contributed by atoms with van der Waals surface area (Å²) in [6, 6.07) is 4.78. The number of likely N-dealkylation sites (N-methyl/N-ethyl adjacent to an activating group) is 1. The number of ether oxygens (including phenoxy) is 1. The highest BCUT2D eigenvalue weighted by Crippen LogP contribution is 2.34. The van der Waals surface area contributed by atoms with E-state index >= 15 is 0 Å². The lowest BCUT2D eigenvalue weighted by Crippen LogP contribution is -2.41. The number of amides is 1. The fraction of sp³-hybridized carbons (Fsp3) is 0.556. The molecule has 37 heavy (non-hydrogen) atoms. The number of carbonyl (C=O) groups is 1. The van der Waals surface area contributed by atoms with Gasteiger partial charge in [0.1, 0.15) is 0 Å². The van der Waals surface area contributed by atoms with E-state index in [0.717, 1.165) is 32.0 Å². The van der Waals surface area contributed by atoms with E-state index in [1.807, 2.05) is 7.05 Å². The maximum absolute atomic E-state index is 13.6. The average molecular weight is 521 g/mol. The molecule has 2 fully saturated rings. The Kier molecular flexibility index (Phi) is 8.28. The molecule has 0 saturated carbocycles. The topological polar surface area (TPSA) is 75.6 Å². The zero-order valence-corrected chi connectivity index (χ0v) is 21.5. The number of likely N-dealkylation sites (tertiary alicyclic amines) is 1. The van der Waals surface area contributed by atoms with Crippen LogP contribution >= 0.6 is 0 Å². The van der Waals surface area contributed by atoms with Gasteiger partial charge in [-0.05, 0) is 70.3 Å². The summed E-state index contributed by atoms with van der Waals surface area (Å²) in [6.45, 7) is 5.93. The van der Waals surface area contributed by atoms with Crippen molar-refractivity contribution in [2.24, 2.45) is 0 Å². The van der Waals surface area contributed by atoms with Crippen molar-refractivity contribution in [3.8, 4) is 0 Å². The van der Waals surface area contributed by atoms with Crippen LogP contribution in [0, 0.1) is 6.92 Å². The monoisotopic (exact) mass is 520 g/mol. The van der Waals surface area contributed by atoms with Gasteiger partial charge in [-0.2, -0.15) is 13.2 Å². The molecule has 1 aromatic heterocycles. The zero-order valence-electron chi connectivity index (χ0n) is 21.5. The van der Waals surface area contributed by atoms with Crippen molar-refractivity contribution in [2.75, 3.05) is 38.7 Å². The largest absolute Gasteiger partial charge is 0.416 e. The van der Waals surface area contributed by atoms with E-state index in [0.29, 0.717) is 42.9 Å². The lowest BCUT2D eigenvalue weighted by Gasteiger charge is -2.32. The molecule has 2 aliphatic rings. The molecule has 2 N–H and O–H groups in total. The maximum atomic E-state index is 13.6. The summed E-state index contributed by atoms with van der Waals surface area (Å²) in [6.07, 6.45) is 0.360. The summed E-state index contributed by atoms with van der Waals surface area (Å²) in [4.78, 5) is 28.8. The summed E-state index contributed by atoms with van der Waals surface area (Å²) in [5, 5.41) is 6.27. The summed E-state index contributed by atoms with van der Waals surface area (Å²) >= 11 is 0. The molecule has 1 amide bonds. The Morgan fingerprint density at radius 2 is 1.92 bits per heavy atom. The van der Waals surface area contributed by atoms with Crippen molar-refractivity contribution in [1.82, 2.24) is 14.8 Å². The summed E-state index contributed by atoms with van der Waals surface area (Å²) in [5.41, 5.74) is 0.303. The Hall–Kier alpha value is -2.85. The zero-order chi connectivity index (χ0) is 26.7. The molecule has 0 aliphatic carbocycles. The third-order valence-electron chi connectivity index (χ3n) is 7.39. The van der Waals surface area contributed by atoms with Crippen LogP contribution in [0.3, 0.4) is 0 Å². The molecule has 202 valence electrons. The molecule has 1 unspecified atom stereocenters. The van der Waals surface area contributed by atoms with Gasteiger partial charge in [-0.15, -0.1) is 0 Å². The van der Waals surface area contributed by atoms with Crippen LogP contribution in [0.2, 0.25) is 0 Å². The van der Waals surface area contributed by atoms with E-state index in [1.54, 1.807) is 23.8 Å². The first kappa shape index (κ1) is 27.2. The molecule has 3 heterocycles. The number of hydrogen-bond acceptors (Lipinski definition) is 5. The van der Waals surface area contributed by atoms with Crippen LogP contribution in [0.1, 0.15) is 71.7 Å². The highest BCUT2D eigenvalue weighted by atomic mass is 19.4. The van der Waals surface area contributed by atoms with E-state index in [9.17, 15) is 22.8 Å². The van der Waals surface area contributed by atoms with E-state index in [1.165, 1.54) is 19.1 Å². The van der Waals surface area contributed by atoms with Gasteiger partial charge in [-0.3, -0.25) is 9.59 Å². The van der Waals surface area contributed by atoms with Crippen LogP contribution in [-0.2, 0) is 10.9 Å².